The molecular formula is C11H14BCl2NO2. The zero-order valence-corrected chi connectivity index (χ0v) is 11.3. The molecule has 1 N–H and O–H groups in total. The lowest BCUT2D eigenvalue weighted by molar-refractivity contribution is 0.275. The first-order valence-corrected chi connectivity index (χ1v) is 6.41. The van der Waals surface area contributed by atoms with Crippen molar-refractivity contribution in [3.63, 3.8) is 0 Å². The highest BCUT2D eigenvalue weighted by Crippen LogP contribution is 2.35. The van der Waals surface area contributed by atoms with Crippen LogP contribution in [0.25, 0.3) is 0 Å². The van der Waals surface area contributed by atoms with Crippen molar-refractivity contribution in [2.45, 2.75) is 20.5 Å². The maximum atomic E-state index is 9.74. The predicted molar refractivity (Wildman–Crippen MR) is 72.4 cm³/mol. The Hall–Kier alpha value is -0.415. The number of hydrogen-bond donors (Lipinski definition) is 1. The van der Waals surface area contributed by atoms with Crippen molar-refractivity contribution in [1.82, 2.24) is 0 Å². The second-order valence-electron chi connectivity index (χ2n) is 3.93. The lowest BCUT2D eigenvalue weighted by Gasteiger charge is -2.25. The molecule has 2 rings (SSSR count). The molecule has 0 amide bonds. The van der Waals surface area contributed by atoms with Gasteiger partial charge in [-0.25, -0.2) is 0 Å². The summed E-state index contributed by atoms with van der Waals surface area (Å²) in [7, 11) is -0.941. The Morgan fingerprint density at radius 1 is 1.41 bits per heavy atom. The Labute approximate surface area is 111 Å². The van der Waals surface area contributed by atoms with Crippen molar-refractivity contribution in [1.29, 1.82) is 0 Å². The first-order valence-electron chi connectivity index (χ1n) is 5.65. The second-order valence-corrected chi connectivity index (χ2v) is 4.71. The van der Waals surface area contributed by atoms with E-state index in [4.69, 9.17) is 27.9 Å². The third-order valence-corrected chi connectivity index (χ3v) is 3.71. The van der Waals surface area contributed by atoms with Crippen LogP contribution in [-0.2, 0) is 11.3 Å². The Morgan fingerprint density at radius 2 is 2.06 bits per heavy atom. The fourth-order valence-corrected chi connectivity index (χ4v) is 2.97. The summed E-state index contributed by atoms with van der Waals surface area (Å²) in [6, 6.07) is 1.83. The van der Waals surface area contributed by atoms with Crippen LogP contribution >= 0.6 is 23.2 Å². The molecule has 1 aliphatic heterocycles. The number of nitrogens with zero attached hydrogens (tertiary/aromatic N) is 1. The Bertz CT molecular complexity index is 438. The van der Waals surface area contributed by atoms with E-state index in [1.165, 1.54) is 0 Å². The van der Waals surface area contributed by atoms with Gasteiger partial charge in [0.15, 0.2) is 0 Å². The number of hydrogen-bond acceptors (Lipinski definition) is 3. The summed E-state index contributed by atoms with van der Waals surface area (Å²) in [5, 5.41) is 10.8. The van der Waals surface area contributed by atoms with Crippen LogP contribution < -0.4 is 10.4 Å². The topological polar surface area (TPSA) is 32.7 Å². The molecule has 0 saturated carbocycles. The number of benzene rings is 1. The molecule has 0 saturated heterocycles. The van der Waals surface area contributed by atoms with E-state index in [1.807, 2.05) is 19.9 Å². The zero-order valence-electron chi connectivity index (χ0n) is 9.83. The molecule has 6 heteroatoms. The van der Waals surface area contributed by atoms with Crippen molar-refractivity contribution < 1.29 is 9.68 Å². The van der Waals surface area contributed by atoms with Gasteiger partial charge < -0.3 is 14.6 Å². The minimum absolute atomic E-state index is 0.356. The SMILES string of the molecule is CCN(CC)c1c(Cl)cc2c(c1Cl)B(O)OC2. The van der Waals surface area contributed by atoms with E-state index in [-0.39, 0.29) is 0 Å². The molecule has 0 unspecified atom stereocenters. The van der Waals surface area contributed by atoms with Crippen LogP contribution in [0.4, 0.5) is 5.69 Å². The summed E-state index contributed by atoms with van der Waals surface area (Å²) in [5.74, 6) is 0. The first kappa shape index (κ1) is 13.0. The van der Waals surface area contributed by atoms with E-state index >= 15 is 0 Å². The molecule has 1 heterocycles. The van der Waals surface area contributed by atoms with Crippen molar-refractivity contribution in [2.75, 3.05) is 18.0 Å². The lowest BCUT2D eigenvalue weighted by atomic mass is 9.79. The highest BCUT2D eigenvalue weighted by molar-refractivity contribution is 6.66. The van der Waals surface area contributed by atoms with Gasteiger partial charge in [-0.05, 0) is 25.5 Å². The smallest absolute Gasteiger partial charge is 0.423 e. The van der Waals surface area contributed by atoms with Gasteiger partial charge in [-0.1, -0.05) is 23.2 Å². The number of anilines is 1. The van der Waals surface area contributed by atoms with Crippen LogP contribution in [-0.4, -0.2) is 25.2 Å². The molecule has 1 aromatic rings. The molecule has 0 aromatic heterocycles. The summed E-state index contributed by atoms with van der Waals surface area (Å²) >= 11 is 12.6. The maximum absolute atomic E-state index is 9.74. The second kappa shape index (κ2) is 5.06. The van der Waals surface area contributed by atoms with Gasteiger partial charge in [-0.2, -0.15) is 0 Å². The number of rotatable bonds is 3. The maximum Gasteiger partial charge on any atom is 0.493 e. The van der Waals surface area contributed by atoms with Crippen molar-refractivity contribution in [2.24, 2.45) is 0 Å². The molecule has 1 aromatic carbocycles. The van der Waals surface area contributed by atoms with E-state index in [1.54, 1.807) is 0 Å². The quantitative estimate of drug-likeness (QED) is 0.856. The Kier molecular flexibility index (Phi) is 3.88. The lowest BCUT2D eigenvalue weighted by Crippen LogP contribution is -2.32. The van der Waals surface area contributed by atoms with Crippen LogP contribution in [0.5, 0.6) is 0 Å². The highest BCUT2D eigenvalue weighted by Gasteiger charge is 2.33. The van der Waals surface area contributed by atoms with E-state index in [0.717, 1.165) is 24.3 Å². The monoisotopic (exact) mass is 273 g/mol. The van der Waals surface area contributed by atoms with Gasteiger partial charge in [0.1, 0.15) is 0 Å². The van der Waals surface area contributed by atoms with E-state index < -0.39 is 7.12 Å². The van der Waals surface area contributed by atoms with Crippen molar-refractivity contribution >= 4 is 41.5 Å². The molecule has 0 fully saturated rings. The molecule has 0 radical (unpaired) electrons. The third-order valence-electron chi connectivity index (χ3n) is 3.04. The highest BCUT2D eigenvalue weighted by atomic mass is 35.5. The Balaban J connectivity index is 2.57. The van der Waals surface area contributed by atoms with E-state index in [0.29, 0.717) is 22.1 Å². The van der Waals surface area contributed by atoms with Crippen LogP contribution in [0, 0.1) is 0 Å². The third kappa shape index (κ3) is 2.15. The van der Waals surface area contributed by atoms with Crippen molar-refractivity contribution in [3.8, 4) is 0 Å². The van der Waals surface area contributed by atoms with Gasteiger partial charge in [-0.15, -0.1) is 0 Å². The molecule has 0 atom stereocenters. The normalized spacial score (nSPS) is 14.1. The molecule has 3 nitrogen and oxygen atoms in total. The standard InChI is InChI=1S/C11H14BCl2NO2/c1-3-15(4-2)11-8(13)5-7-6-17-12(16)9(7)10(11)14/h5,16H,3-4,6H2,1-2H3. The van der Waals surface area contributed by atoms with Crippen LogP contribution in [0.1, 0.15) is 19.4 Å². The molecule has 0 aliphatic carbocycles. The molecule has 17 heavy (non-hydrogen) atoms. The van der Waals surface area contributed by atoms with Crippen LogP contribution in [0.3, 0.4) is 0 Å². The summed E-state index contributed by atoms with van der Waals surface area (Å²) < 4.78 is 5.16. The molecular weight excluding hydrogens is 260 g/mol. The van der Waals surface area contributed by atoms with Gasteiger partial charge in [0.25, 0.3) is 0 Å². The minimum Gasteiger partial charge on any atom is -0.423 e. The summed E-state index contributed by atoms with van der Waals surface area (Å²) in [4.78, 5) is 2.07. The van der Waals surface area contributed by atoms with Crippen LogP contribution in [0.2, 0.25) is 10.0 Å². The average molecular weight is 274 g/mol. The summed E-state index contributed by atoms with van der Waals surface area (Å²) in [5.41, 5.74) is 2.29. The van der Waals surface area contributed by atoms with Gasteiger partial charge in [-0.3, -0.25) is 0 Å². The minimum atomic E-state index is -0.941. The van der Waals surface area contributed by atoms with E-state index in [9.17, 15) is 5.02 Å². The molecule has 0 bridgehead atoms. The van der Waals surface area contributed by atoms with Gasteiger partial charge in [0, 0.05) is 18.6 Å². The number of halogens is 2. The Morgan fingerprint density at radius 3 is 2.65 bits per heavy atom. The van der Waals surface area contributed by atoms with Gasteiger partial charge in [0.2, 0.25) is 0 Å². The number of fused-ring (bicyclic) bond motifs is 1. The van der Waals surface area contributed by atoms with E-state index in [2.05, 4.69) is 4.90 Å². The fourth-order valence-electron chi connectivity index (χ4n) is 2.14. The summed E-state index contributed by atoms with van der Waals surface area (Å²) in [6.45, 7) is 6.05. The van der Waals surface area contributed by atoms with Crippen molar-refractivity contribution in [3.05, 3.63) is 21.7 Å². The van der Waals surface area contributed by atoms with Gasteiger partial charge >= 0.3 is 7.12 Å². The molecule has 1 aliphatic rings. The molecule has 0 spiro atoms. The largest absolute Gasteiger partial charge is 0.493 e. The molecule has 92 valence electrons. The fraction of sp³-hybridized carbons (Fsp3) is 0.455. The van der Waals surface area contributed by atoms with Crippen LogP contribution in [0.15, 0.2) is 6.07 Å². The average Bonchev–Trinajstić information content (AvgIpc) is 2.66. The zero-order chi connectivity index (χ0) is 12.6. The van der Waals surface area contributed by atoms with Gasteiger partial charge in [0.05, 0.1) is 22.3 Å². The summed E-state index contributed by atoms with van der Waals surface area (Å²) in [6.07, 6.45) is 0. The first-order chi connectivity index (χ1) is 8.10. The predicted octanol–water partition coefficient (Wildman–Crippen LogP) is 2.06.